The van der Waals surface area contributed by atoms with Crippen LogP contribution in [0.3, 0.4) is 0 Å². The molecule has 0 aliphatic rings. The highest BCUT2D eigenvalue weighted by atomic mass is 79.9. The Morgan fingerprint density at radius 3 is 2.64 bits per heavy atom. The van der Waals surface area contributed by atoms with Crippen LogP contribution in [0.4, 0.5) is 19.0 Å². The highest BCUT2D eigenvalue weighted by Crippen LogP contribution is 2.35. The molecule has 22 heavy (non-hydrogen) atoms. The summed E-state index contributed by atoms with van der Waals surface area (Å²) in [4.78, 5) is 11.7. The van der Waals surface area contributed by atoms with Crippen LogP contribution in [0.2, 0.25) is 0 Å². The number of anilines is 1. The molecule has 0 saturated heterocycles. The van der Waals surface area contributed by atoms with Crippen molar-refractivity contribution >= 4 is 27.7 Å². The summed E-state index contributed by atoms with van der Waals surface area (Å²) in [5.74, 6) is 0.404. The fourth-order valence-electron chi connectivity index (χ4n) is 1.76. The average Bonchev–Trinajstić information content (AvgIpc) is 2.93. The SMILES string of the molecule is Cc1cc(NC(=O)CCn2nc(C(F)(F)F)c(Br)c2C)no1. The summed E-state index contributed by atoms with van der Waals surface area (Å²) in [6.45, 7) is 3.18. The lowest BCUT2D eigenvalue weighted by atomic mass is 10.3. The smallest absolute Gasteiger partial charge is 0.360 e. The van der Waals surface area contributed by atoms with Gasteiger partial charge in [0.05, 0.1) is 16.7 Å². The van der Waals surface area contributed by atoms with Crippen LogP contribution in [0.1, 0.15) is 23.6 Å². The minimum atomic E-state index is -4.55. The van der Waals surface area contributed by atoms with E-state index >= 15 is 0 Å². The second-order valence-corrected chi connectivity index (χ2v) is 5.38. The highest BCUT2D eigenvalue weighted by Gasteiger charge is 2.37. The van der Waals surface area contributed by atoms with Crippen molar-refractivity contribution in [2.75, 3.05) is 5.32 Å². The molecule has 2 aromatic heterocycles. The number of hydrogen-bond donors (Lipinski definition) is 1. The number of carbonyl (C=O) groups excluding carboxylic acids is 1. The molecule has 0 aliphatic heterocycles. The van der Waals surface area contributed by atoms with Crippen LogP contribution < -0.4 is 5.32 Å². The molecule has 0 bridgehead atoms. The van der Waals surface area contributed by atoms with Gasteiger partial charge in [0, 0.05) is 12.5 Å². The average molecular weight is 381 g/mol. The molecule has 2 heterocycles. The van der Waals surface area contributed by atoms with Crippen molar-refractivity contribution in [3.63, 3.8) is 0 Å². The lowest BCUT2D eigenvalue weighted by Crippen LogP contribution is -2.16. The molecule has 0 atom stereocenters. The molecular formula is C12H12BrF3N4O2. The van der Waals surface area contributed by atoms with Crippen LogP contribution in [0, 0.1) is 13.8 Å². The van der Waals surface area contributed by atoms with E-state index in [4.69, 9.17) is 4.52 Å². The molecular weight excluding hydrogens is 369 g/mol. The van der Waals surface area contributed by atoms with Crippen LogP contribution in [0.15, 0.2) is 15.1 Å². The first kappa shape index (κ1) is 16.5. The van der Waals surface area contributed by atoms with Gasteiger partial charge in [-0.1, -0.05) is 5.16 Å². The Morgan fingerprint density at radius 1 is 1.45 bits per heavy atom. The Balaban J connectivity index is 2.01. The number of aromatic nitrogens is 3. The van der Waals surface area contributed by atoms with Crippen molar-refractivity contribution in [1.29, 1.82) is 0 Å². The highest BCUT2D eigenvalue weighted by molar-refractivity contribution is 9.10. The number of nitrogens with one attached hydrogen (secondary N) is 1. The van der Waals surface area contributed by atoms with Crippen molar-refractivity contribution in [2.24, 2.45) is 0 Å². The van der Waals surface area contributed by atoms with E-state index in [1.165, 1.54) is 13.0 Å². The number of hydrogen-bond acceptors (Lipinski definition) is 4. The molecule has 0 aromatic carbocycles. The van der Waals surface area contributed by atoms with E-state index in [2.05, 4.69) is 31.5 Å². The largest absolute Gasteiger partial charge is 0.436 e. The monoisotopic (exact) mass is 380 g/mol. The van der Waals surface area contributed by atoms with Gasteiger partial charge in [-0.2, -0.15) is 18.3 Å². The zero-order valence-electron chi connectivity index (χ0n) is 11.7. The number of halogens is 4. The first-order valence-electron chi connectivity index (χ1n) is 6.21. The normalized spacial score (nSPS) is 11.7. The van der Waals surface area contributed by atoms with Crippen molar-refractivity contribution in [3.8, 4) is 0 Å². The van der Waals surface area contributed by atoms with Crippen molar-refractivity contribution in [2.45, 2.75) is 33.0 Å². The minimum Gasteiger partial charge on any atom is -0.360 e. The van der Waals surface area contributed by atoms with E-state index in [0.717, 1.165) is 4.68 Å². The van der Waals surface area contributed by atoms with E-state index in [1.807, 2.05) is 0 Å². The second kappa shape index (κ2) is 6.11. The van der Waals surface area contributed by atoms with Gasteiger partial charge in [0.15, 0.2) is 11.5 Å². The summed E-state index contributed by atoms with van der Waals surface area (Å²) < 4.78 is 44.0. The third-order valence-corrected chi connectivity index (χ3v) is 3.80. The lowest BCUT2D eigenvalue weighted by molar-refractivity contribution is -0.142. The quantitative estimate of drug-likeness (QED) is 0.882. The standard InChI is InChI=1S/C12H12BrF3N4O2/c1-6-5-8(19-22-6)17-9(21)3-4-20-7(2)10(13)11(18-20)12(14,15)16/h5H,3-4H2,1-2H3,(H,17,19,21). The summed E-state index contributed by atoms with van der Waals surface area (Å²) in [6.07, 6.45) is -4.59. The third-order valence-electron chi connectivity index (χ3n) is 2.85. The topological polar surface area (TPSA) is 73.0 Å². The number of amides is 1. The first-order chi connectivity index (χ1) is 10.2. The van der Waals surface area contributed by atoms with E-state index in [-0.39, 0.29) is 23.3 Å². The zero-order valence-corrected chi connectivity index (χ0v) is 13.2. The number of rotatable bonds is 4. The van der Waals surface area contributed by atoms with Gasteiger partial charge < -0.3 is 9.84 Å². The summed E-state index contributed by atoms with van der Waals surface area (Å²) >= 11 is 2.87. The Hall–Kier alpha value is -1.84. The summed E-state index contributed by atoms with van der Waals surface area (Å²) in [6, 6.07) is 1.54. The third kappa shape index (κ3) is 3.67. The predicted molar refractivity (Wildman–Crippen MR) is 74.2 cm³/mol. The van der Waals surface area contributed by atoms with E-state index in [1.54, 1.807) is 6.92 Å². The molecule has 0 radical (unpaired) electrons. The summed E-state index contributed by atoms with van der Waals surface area (Å²) in [7, 11) is 0. The molecule has 6 nitrogen and oxygen atoms in total. The van der Waals surface area contributed by atoms with Gasteiger partial charge >= 0.3 is 6.18 Å². The molecule has 10 heteroatoms. The second-order valence-electron chi connectivity index (χ2n) is 4.59. The van der Waals surface area contributed by atoms with Gasteiger partial charge in [-0.15, -0.1) is 0 Å². The Bertz CT molecular complexity index is 693. The Labute approximate surface area is 131 Å². The number of carbonyl (C=O) groups is 1. The van der Waals surface area contributed by atoms with Crippen LogP contribution in [-0.2, 0) is 17.5 Å². The van der Waals surface area contributed by atoms with Crippen LogP contribution >= 0.6 is 15.9 Å². The van der Waals surface area contributed by atoms with Gasteiger partial charge in [-0.3, -0.25) is 9.48 Å². The molecule has 0 unspecified atom stereocenters. The Kier molecular flexibility index (Phi) is 4.59. The summed E-state index contributed by atoms with van der Waals surface area (Å²) in [5, 5.41) is 9.57. The van der Waals surface area contributed by atoms with Crippen molar-refractivity contribution in [3.05, 3.63) is 27.7 Å². The summed E-state index contributed by atoms with van der Waals surface area (Å²) in [5.41, 5.74) is -0.699. The zero-order chi connectivity index (χ0) is 16.5. The van der Waals surface area contributed by atoms with Crippen molar-refractivity contribution < 1.29 is 22.5 Å². The molecule has 0 aliphatic carbocycles. The van der Waals surface area contributed by atoms with E-state index in [0.29, 0.717) is 11.5 Å². The number of nitrogens with zero attached hydrogens (tertiary/aromatic N) is 3. The van der Waals surface area contributed by atoms with Gasteiger partial charge in [0.2, 0.25) is 5.91 Å². The van der Waals surface area contributed by atoms with Crippen LogP contribution in [0.5, 0.6) is 0 Å². The number of aryl methyl sites for hydroxylation is 2. The molecule has 1 N–H and O–H groups in total. The molecule has 2 rings (SSSR count). The molecule has 0 spiro atoms. The lowest BCUT2D eigenvalue weighted by Gasteiger charge is -2.04. The molecule has 0 fully saturated rings. The first-order valence-corrected chi connectivity index (χ1v) is 7.01. The molecule has 0 saturated carbocycles. The van der Waals surface area contributed by atoms with Gasteiger partial charge in [0.1, 0.15) is 5.76 Å². The maximum absolute atomic E-state index is 12.7. The maximum atomic E-state index is 12.7. The maximum Gasteiger partial charge on any atom is 0.436 e. The van der Waals surface area contributed by atoms with Crippen LogP contribution in [-0.4, -0.2) is 20.8 Å². The predicted octanol–water partition coefficient (Wildman–Crippen LogP) is 3.30. The van der Waals surface area contributed by atoms with E-state index in [9.17, 15) is 18.0 Å². The van der Waals surface area contributed by atoms with Gasteiger partial charge in [-0.25, -0.2) is 0 Å². The van der Waals surface area contributed by atoms with Gasteiger partial charge in [0.25, 0.3) is 0 Å². The van der Waals surface area contributed by atoms with Crippen LogP contribution in [0.25, 0.3) is 0 Å². The van der Waals surface area contributed by atoms with Gasteiger partial charge in [-0.05, 0) is 29.8 Å². The fraction of sp³-hybridized carbons (Fsp3) is 0.417. The minimum absolute atomic E-state index is 0.0170. The number of alkyl halides is 3. The molecule has 120 valence electrons. The van der Waals surface area contributed by atoms with E-state index < -0.39 is 17.8 Å². The van der Waals surface area contributed by atoms with Crippen molar-refractivity contribution in [1.82, 2.24) is 14.9 Å². The molecule has 1 amide bonds. The fourth-order valence-corrected chi connectivity index (χ4v) is 2.27. The molecule has 2 aromatic rings. The Morgan fingerprint density at radius 2 is 2.14 bits per heavy atom.